The Kier molecular flexibility index (Phi) is 2.79. The second-order valence-electron chi connectivity index (χ2n) is 4.87. The van der Waals surface area contributed by atoms with E-state index in [4.69, 9.17) is 5.73 Å². The van der Waals surface area contributed by atoms with Crippen molar-refractivity contribution in [2.24, 2.45) is 11.7 Å². The fourth-order valence-electron chi connectivity index (χ4n) is 2.65. The topological polar surface area (TPSA) is 26.0 Å². The van der Waals surface area contributed by atoms with Crippen molar-refractivity contribution in [2.45, 2.75) is 38.1 Å². The summed E-state index contributed by atoms with van der Waals surface area (Å²) in [6.07, 6.45) is 4.33. The van der Waals surface area contributed by atoms with Crippen LogP contribution in [0.5, 0.6) is 0 Å². The molecule has 15 heavy (non-hydrogen) atoms. The summed E-state index contributed by atoms with van der Waals surface area (Å²) >= 11 is 0. The van der Waals surface area contributed by atoms with Crippen LogP contribution >= 0.6 is 0 Å². The van der Waals surface area contributed by atoms with E-state index >= 15 is 0 Å². The highest BCUT2D eigenvalue weighted by molar-refractivity contribution is 5.25. The summed E-state index contributed by atoms with van der Waals surface area (Å²) in [6, 6.07) is 6.75. The highest BCUT2D eigenvalue weighted by Gasteiger charge is 2.32. The summed E-state index contributed by atoms with van der Waals surface area (Å²) in [5.41, 5.74) is 7.02. The van der Waals surface area contributed by atoms with Crippen LogP contribution in [0.25, 0.3) is 0 Å². The van der Waals surface area contributed by atoms with E-state index in [9.17, 15) is 4.39 Å². The normalized spacial score (nSPS) is 31.5. The van der Waals surface area contributed by atoms with E-state index in [-0.39, 0.29) is 11.4 Å². The summed E-state index contributed by atoms with van der Waals surface area (Å²) in [5, 5.41) is 0. The quantitative estimate of drug-likeness (QED) is 0.752. The summed E-state index contributed by atoms with van der Waals surface area (Å²) in [5.74, 6) is 0.461. The van der Waals surface area contributed by atoms with Crippen molar-refractivity contribution in [3.8, 4) is 0 Å². The van der Waals surface area contributed by atoms with Gasteiger partial charge in [-0.2, -0.15) is 0 Å². The number of rotatable bonds is 1. The van der Waals surface area contributed by atoms with Gasteiger partial charge in [0.1, 0.15) is 5.82 Å². The van der Waals surface area contributed by atoms with E-state index < -0.39 is 0 Å². The minimum atomic E-state index is -0.306. The lowest BCUT2D eigenvalue weighted by molar-refractivity contribution is 0.238. The van der Waals surface area contributed by atoms with Crippen molar-refractivity contribution in [1.82, 2.24) is 0 Å². The first-order valence-corrected chi connectivity index (χ1v) is 5.65. The Labute approximate surface area is 90.5 Å². The molecular weight excluding hydrogens is 189 g/mol. The van der Waals surface area contributed by atoms with Crippen LogP contribution in [0.1, 0.15) is 38.2 Å². The molecule has 2 unspecified atom stereocenters. The Balaban J connectivity index is 2.28. The van der Waals surface area contributed by atoms with Gasteiger partial charge in [0.25, 0.3) is 0 Å². The number of hydrogen-bond acceptors (Lipinski definition) is 1. The molecule has 0 radical (unpaired) electrons. The maximum Gasteiger partial charge on any atom is 0.123 e. The lowest BCUT2D eigenvalue weighted by atomic mass is 9.73. The van der Waals surface area contributed by atoms with Crippen LogP contribution in [0.3, 0.4) is 0 Å². The lowest BCUT2D eigenvalue weighted by Gasteiger charge is -2.37. The van der Waals surface area contributed by atoms with E-state index in [1.807, 2.05) is 6.07 Å². The van der Waals surface area contributed by atoms with Gasteiger partial charge in [-0.25, -0.2) is 4.39 Å². The van der Waals surface area contributed by atoms with E-state index in [1.165, 1.54) is 12.5 Å². The van der Waals surface area contributed by atoms with E-state index in [2.05, 4.69) is 6.92 Å². The Morgan fingerprint density at radius 3 is 2.93 bits per heavy atom. The van der Waals surface area contributed by atoms with Crippen LogP contribution in [0.4, 0.5) is 4.39 Å². The Morgan fingerprint density at radius 1 is 1.47 bits per heavy atom. The minimum absolute atomic E-state index is 0.185. The molecule has 2 N–H and O–H groups in total. The standard InChI is InChI=1S/C13H18FN/c1-10-4-3-7-13(15,9-10)11-5-2-6-12(14)8-11/h2,5-6,8,10H,3-4,7,9,15H2,1H3. The molecule has 1 aliphatic rings. The van der Waals surface area contributed by atoms with Crippen molar-refractivity contribution in [3.63, 3.8) is 0 Å². The first-order chi connectivity index (χ1) is 7.10. The number of benzene rings is 1. The second-order valence-corrected chi connectivity index (χ2v) is 4.87. The predicted octanol–water partition coefficient (Wildman–Crippen LogP) is 3.19. The van der Waals surface area contributed by atoms with Crippen LogP contribution in [0.15, 0.2) is 24.3 Å². The molecule has 82 valence electrons. The van der Waals surface area contributed by atoms with E-state index in [1.54, 1.807) is 12.1 Å². The van der Waals surface area contributed by atoms with Gasteiger partial charge in [-0.3, -0.25) is 0 Å². The largest absolute Gasteiger partial charge is 0.321 e. The maximum atomic E-state index is 13.1. The Hall–Kier alpha value is -0.890. The second kappa shape index (κ2) is 3.93. The average Bonchev–Trinajstić information content (AvgIpc) is 2.17. The van der Waals surface area contributed by atoms with Crippen LogP contribution in [0, 0.1) is 11.7 Å². The van der Waals surface area contributed by atoms with Gasteiger partial charge in [-0.15, -0.1) is 0 Å². The molecule has 2 heteroatoms. The number of hydrogen-bond donors (Lipinski definition) is 1. The maximum absolute atomic E-state index is 13.1. The zero-order valence-corrected chi connectivity index (χ0v) is 9.17. The molecule has 0 heterocycles. The molecule has 1 saturated carbocycles. The van der Waals surface area contributed by atoms with Gasteiger partial charge in [0, 0.05) is 5.54 Å². The average molecular weight is 207 g/mol. The highest BCUT2D eigenvalue weighted by Crippen LogP contribution is 2.37. The van der Waals surface area contributed by atoms with Gasteiger partial charge in [0.05, 0.1) is 0 Å². The van der Waals surface area contributed by atoms with E-state index in [0.717, 1.165) is 24.8 Å². The SMILES string of the molecule is CC1CCCC(N)(c2cccc(F)c2)C1. The molecule has 2 rings (SSSR count). The van der Waals surface area contributed by atoms with Gasteiger partial charge in [-0.1, -0.05) is 31.9 Å². The summed E-state index contributed by atoms with van der Waals surface area (Å²) in [6.45, 7) is 2.22. The number of halogens is 1. The zero-order chi connectivity index (χ0) is 10.9. The molecule has 2 atom stereocenters. The van der Waals surface area contributed by atoms with Crippen molar-refractivity contribution < 1.29 is 4.39 Å². The molecule has 1 aliphatic carbocycles. The monoisotopic (exact) mass is 207 g/mol. The minimum Gasteiger partial charge on any atom is -0.321 e. The van der Waals surface area contributed by atoms with E-state index in [0.29, 0.717) is 5.92 Å². The smallest absolute Gasteiger partial charge is 0.123 e. The first kappa shape index (κ1) is 10.6. The third-order valence-electron chi connectivity index (χ3n) is 3.43. The summed E-state index contributed by atoms with van der Waals surface area (Å²) in [7, 11) is 0. The first-order valence-electron chi connectivity index (χ1n) is 5.65. The highest BCUT2D eigenvalue weighted by atomic mass is 19.1. The van der Waals surface area contributed by atoms with Crippen molar-refractivity contribution in [2.75, 3.05) is 0 Å². The van der Waals surface area contributed by atoms with Crippen molar-refractivity contribution >= 4 is 0 Å². The van der Waals surface area contributed by atoms with Gasteiger partial charge >= 0.3 is 0 Å². The molecule has 0 aromatic heterocycles. The lowest BCUT2D eigenvalue weighted by Crippen LogP contribution is -2.41. The molecule has 0 saturated heterocycles. The summed E-state index contributed by atoms with van der Waals surface area (Å²) in [4.78, 5) is 0. The molecular formula is C13H18FN. The Bertz CT molecular complexity index is 350. The third kappa shape index (κ3) is 2.20. The molecule has 0 spiro atoms. The molecule has 1 aromatic carbocycles. The molecule has 1 aromatic rings. The third-order valence-corrected chi connectivity index (χ3v) is 3.43. The molecule has 1 fully saturated rings. The zero-order valence-electron chi connectivity index (χ0n) is 9.17. The van der Waals surface area contributed by atoms with Crippen LogP contribution < -0.4 is 5.73 Å². The fraction of sp³-hybridized carbons (Fsp3) is 0.538. The van der Waals surface area contributed by atoms with Crippen molar-refractivity contribution in [1.29, 1.82) is 0 Å². The Morgan fingerprint density at radius 2 is 2.27 bits per heavy atom. The fourth-order valence-corrected chi connectivity index (χ4v) is 2.65. The van der Waals surface area contributed by atoms with Crippen LogP contribution in [-0.4, -0.2) is 0 Å². The van der Waals surface area contributed by atoms with Gasteiger partial charge in [0.15, 0.2) is 0 Å². The molecule has 0 bridgehead atoms. The molecule has 1 nitrogen and oxygen atoms in total. The van der Waals surface area contributed by atoms with Gasteiger partial charge in [-0.05, 0) is 36.5 Å². The van der Waals surface area contributed by atoms with Gasteiger partial charge < -0.3 is 5.73 Å². The number of nitrogens with two attached hydrogens (primary N) is 1. The predicted molar refractivity (Wildman–Crippen MR) is 59.9 cm³/mol. The van der Waals surface area contributed by atoms with Gasteiger partial charge in [0.2, 0.25) is 0 Å². The van der Waals surface area contributed by atoms with Crippen LogP contribution in [-0.2, 0) is 5.54 Å². The summed E-state index contributed by atoms with van der Waals surface area (Å²) < 4.78 is 13.1. The van der Waals surface area contributed by atoms with Crippen molar-refractivity contribution in [3.05, 3.63) is 35.6 Å². The van der Waals surface area contributed by atoms with Crippen LogP contribution in [0.2, 0.25) is 0 Å². The molecule has 0 aliphatic heterocycles. The molecule has 0 amide bonds.